The summed E-state index contributed by atoms with van der Waals surface area (Å²) in [5, 5.41) is 11.3. The van der Waals surface area contributed by atoms with Crippen molar-refractivity contribution in [3.8, 4) is 0 Å². The molecule has 17 heavy (non-hydrogen) atoms. The third kappa shape index (κ3) is 4.26. The van der Waals surface area contributed by atoms with Crippen molar-refractivity contribution in [3.05, 3.63) is 38.9 Å². The van der Waals surface area contributed by atoms with Gasteiger partial charge in [0.15, 0.2) is 0 Å². The van der Waals surface area contributed by atoms with Crippen molar-refractivity contribution in [2.45, 2.75) is 17.7 Å². The summed E-state index contributed by atoms with van der Waals surface area (Å²) in [6.07, 6.45) is 1.29. The van der Waals surface area contributed by atoms with Gasteiger partial charge in [-0.15, -0.1) is 0 Å². The number of halogens is 2. The van der Waals surface area contributed by atoms with E-state index in [1.54, 1.807) is 19.2 Å². The Balaban J connectivity index is 2.79. The summed E-state index contributed by atoms with van der Waals surface area (Å²) in [4.78, 5) is 10.6. The minimum atomic E-state index is -0.402. The number of nitrogens with zero attached hydrogens (tertiary/aromatic N) is 1. The Kier molecular flexibility index (Phi) is 5.88. The van der Waals surface area contributed by atoms with Gasteiger partial charge in [0.05, 0.1) is 16.6 Å². The highest BCUT2D eigenvalue weighted by atomic mass is 79.9. The van der Waals surface area contributed by atoms with Gasteiger partial charge < -0.3 is 4.74 Å². The molecule has 0 radical (unpaired) electrons. The van der Waals surface area contributed by atoms with Gasteiger partial charge in [0.2, 0.25) is 0 Å². The molecule has 0 amide bonds. The molecule has 6 heteroatoms. The molecule has 0 aliphatic heterocycles. The van der Waals surface area contributed by atoms with Crippen molar-refractivity contribution >= 4 is 33.2 Å². The average molecular weight is 323 g/mol. The zero-order chi connectivity index (χ0) is 12.8. The molecule has 1 rings (SSSR count). The fraction of sp³-hybridized carbons (Fsp3) is 0.455. The molecule has 0 saturated heterocycles. The van der Waals surface area contributed by atoms with Crippen molar-refractivity contribution < 1.29 is 9.66 Å². The lowest BCUT2D eigenvalue weighted by molar-refractivity contribution is -0.385. The van der Waals surface area contributed by atoms with Crippen LogP contribution in [0.5, 0.6) is 0 Å². The van der Waals surface area contributed by atoms with E-state index in [2.05, 4.69) is 15.9 Å². The van der Waals surface area contributed by atoms with Gasteiger partial charge in [-0.1, -0.05) is 33.6 Å². The summed E-state index contributed by atoms with van der Waals surface area (Å²) < 4.78 is 4.99. The molecule has 0 saturated carbocycles. The van der Waals surface area contributed by atoms with Crippen LogP contribution in [0.4, 0.5) is 5.69 Å². The quantitative estimate of drug-likeness (QED) is 0.457. The van der Waals surface area contributed by atoms with Crippen LogP contribution >= 0.6 is 27.5 Å². The monoisotopic (exact) mass is 321 g/mol. The first-order valence-electron chi connectivity index (χ1n) is 5.11. The van der Waals surface area contributed by atoms with Crippen molar-refractivity contribution in [3.63, 3.8) is 0 Å². The van der Waals surface area contributed by atoms with E-state index >= 15 is 0 Å². The summed E-state index contributed by atoms with van der Waals surface area (Å²) in [5.41, 5.74) is 0.661. The van der Waals surface area contributed by atoms with Gasteiger partial charge in [0.1, 0.15) is 0 Å². The SMILES string of the molecule is COCC(Br)CCc1c(Cl)cccc1[N+](=O)[O-]. The molecule has 0 aliphatic carbocycles. The largest absolute Gasteiger partial charge is 0.384 e. The van der Waals surface area contributed by atoms with Crippen LogP contribution in [0.15, 0.2) is 18.2 Å². The lowest BCUT2D eigenvalue weighted by atomic mass is 10.1. The molecule has 0 aliphatic rings. The summed E-state index contributed by atoms with van der Waals surface area (Å²) in [6.45, 7) is 0.568. The zero-order valence-electron chi connectivity index (χ0n) is 9.36. The Hall–Kier alpha value is -0.650. The number of alkyl halides is 1. The van der Waals surface area contributed by atoms with Gasteiger partial charge in [-0.2, -0.15) is 0 Å². The number of hydrogen-bond acceptors (Lipinski definition) is 3. The van der Waals surface area contributed by atoms with Crippen LogP contribution in [0.3, 0.4) is 0 Å². The first-order valence-corrected chi connectivity index (χ1v) is 6.40. The Morgan fingerprint density at radius 2 is 2.29 bits per heavy atom. The fourth-order valence-electron chi connectivity index (χ4n) is 1.53. The van der Waals surface area contributed by atoms with Crippen LogP contribution in [0.1, 0.15) is 12.0 Å². The maximum absolute atomic E-state index is 10.9. The highest BCUT2D eigenvalue weighted by Crippen LogP contribution is 2.28. The minimum Gasteiger partial charge on any atom is -0.384 e. The molecule has 1 unspecified atom stereocenters. The number of benzene rings is 1. The molecular weight excluding hydrogens is 309 g/mol. The van der Waals surface area contributed by atoms with Gasteiger partial charge in [-0.05, 0) is 18.9 Å². The maximum Gasteiger partial charge on any atom is 0.274 e. The van der Waals surface area contributed by atoms with E-state index in [-0.39, 0.29) is 10.5 Å². The molecule has 1 aromatic carbocycles. The van der Waals surface area contributed by atoms with E-state index < -0.39 is 4.92 Å². The lowest BCUT2D eigenvalue weighted by Gasteiger charge is -2.09. The van der Waals surface area contributed by atoms with Crippen LogP contribution in [-0.2, 0) is 11.2 Å². The molecule has 0 bridgehead atoms. The average Bonchev–Trinajstić information content (AvgIpc) is 2.27. The predicted molar refractivity (Wildman–Crippen MR) is 71.0 cm³/mol. The van der Waals surface area contributed by atoms with Crippen LogP contribution in [0.25, 0.3) is 0 Å². The van der Waals surface area contributed by atoms with E-state index in [9.17, 15) is 10.1 Å². The van der Waals surface area contributed by atoms with Crippen LogP contribution in [-0.4, -0.2) is 23.5 Å². The van der Waals surface area contributed by atoms with Gasteiger partial charge in [0.25, 0.3) is 5.69 Å². The van der Waals surface area contributed by atoms with Crippen LogP contribution in [0.2, 0.25) is 5.02 Å². The van der Waals surface area contributed by atoms with Crippen molar-refractivity contribution in [2.75, 3.05) is 13.7 Å². The van der Waals surface area contributed by atoms with Crippen molar-refractivity contribution in [1.29, 1.82) is 0 Å². The van der Waals surface area contributed by atoms with Crippen LogP contribution < -0.4 is 0 Å². The number of hydrogen-bond donors (Lipinski definition) is 0. The van der Waals surface area contributed by atoms with Gasteiger partial charge >= 0.3 is 0 Å². The Bertz CT molecular complexity index is 400. The second kappa shape index (κ2) is 6.93. The molecular formula is C11H13BrClNO3. The third-order valence-corrected chi connectivity index (χ3v) is 3.42. The molecule has 4 nitrogen and oxygen atoms in total. The zero-order valence-corrected chi connectivity index (χ0v) is 11.7. The van der Waals surface area contributed by atoms with Crippen LogP contribution in [0, 0.1) is 10.1 Å². The van der Waals surface area contributed by atoms with Crippen molar-refractivity contribution in [2.24, 2.45) is 0 Å². The maximum atomic E-state index is 10.9. The fourth-order valence-corrected chi connectivity index (χ4v) is 2.29. The van der Waals surface area contributed by atoms with E-state index in [0.717, 1.165) is 6.42 Å². The number of ether oxygens (including phenoxy) is 1. The van der Waals surface area contributed by atoms with E-state index in [1.807, 2.05) is 0 Å². The summed E-state index contributed by atoms with van der Waals surface area (Å²) >= 11 is 9.43. The molecule has 0 N–H and O–H groups in total. The lowest BCUT2D eigenvalue weighted by Crippen LogP contribution is -2.08. The second-order valence-electron chi connectivity index (χ2n) is 3.59. The Morgan fingerprint density at radius 3 is 2.88 bits per heavy atom. The minimum absolute atomic E-state index is 0.0783. The Morgan fingerprint density at radius 1 is 1.59 bits per heavy atom. The first kappa shape index (κ1) is 14.4. The highest BCUT2D eigenvalue weighted by Gasteiger charge is 2.17. The van der Waals surface area contributed by atoms with Crippen molar-refractivity contribution in [1.82, 2.24) is 0 Å². The molecule has 1 atom stereocenters. The molecule has 0 aromatic heterocycles. The summed E-state index contributed by atoms with van der Waals surface area (Å²) in [5.74, 6) is 0. The second-order valence-corrected chi connectivity index (χ2v) is 5.29. The summed E-state index contributed by atoms with van der Waals surface area (Å²) in [7, 11) is 1.62. The van der Waals surface area contributed by atoms with Gasteiger partial charge in [-0.3, -0.25) is 10.1 Å². The summed E-state index contributed by atoms with van der Waals surface area (Å²) in [6, 6.07) is 4.73. The molecule has 0 fully saturated rings. The molecule has 1 aromatic rings. The molecule has 0 heterocycles. The number of rotatable bonds is 6. The van der Waals surface area contributed by atoms with Gasteiger partial charge in [0, 0.05) is 23.6 Å². The van der Waals surface area contributed by atoms with E-state index in [0.29, 0.717) is 23.6 Å². The first-order chi connectivity index (χ1) is 8.06. The Labute approximate surface area is 113 Å². The standard InChI is InChI=1S/C11H13BrClNO3/c1-17-7-8(12)5-6-9-10(13)3-2-4-11(9)14(15)16/h2-4,8H,5-7H2,1H3. The highest BCUT2D eigenvalue weighted by molar-refractivity contribution is 9.09. The predicted octanol–water partition coefficient (Wildman–Crippen LogP) is 3.59. The van der Waals surface area contributed by atoms with Gasteiger partial charge in [-0.25, -0.2) is 0 Å². The smallest absolute Gasteiger partial charge is 0.274 e. The van der Waals surface area contributed by atoms with E-state index in [1.165, 1.54) is 6.07 Å². The number of methoxy groups -OCH3 is 1. The number of nitro groups is 1. The topological polar surface area (TPSA) is 52.4 Å². The molecule has 94 valence electrons. The number of nitro benzene ring substituents is 1. The van der Waals surface area contributed by atoms with E-state index in [4.69, 9.17) is 16.3 Å². The normalized spacial score (nSPS) is 12.4. The molecule has 0 spiro atoms. The third-order valence-electron chi connectivity index (χ3n) is 2.35.